The molecule has 138 valence electrons. The molecule has 0 aliphatic rings. The van der Waals surface area contributed by atoms with Crippen LogP contribution in [0.4, 0.5) is 0 Å². The summed E-state index contributed by atoms with van der Waals surface area (Å²) in [7, 11) is 0. The van der Waals surface area contributed by atoms with Crippen LogP contribution in [0.3, 0.4) is 0 Å². The molecular weight excluding hydrogens is 360 g/mol. The molecule has 1 N–H and O–H groups in total. The molecule has 27 heavy (non-hydrogen) atoms. The van der Waals surface area contributed by atoms with Gasteiger partial charge in [-0.2, -0.15) is 5.10 Å². The number of hydrazone groups is 1. The van der Waals surface area contributed by atoms with E-state index >= 15 is 0 Å². The molecule has 0 aliphatic carbocycles. The normalized spacial score (nSPS) is 11.2. The molecule has 1 amide bonds. The minimum Gasteiger partial charge on any atom is -0.423 e. The van der Waals surface area contributed by atoms with Crippen LogP contribution in [0.15, 0.2) is 61.7 Å². The lowest BCUT2D eigenvalue weighted by Crippen LogP contribution is -2.20. The van der Waals surface area contributed by atoms with Gasteiger partial charge in [0.15, 0.2) is 0 Å². The standard InChI is InChI=1S/C21H20N2O3S/c1-13-8-18-16(11-21(25)26-19(18)9-14(13)2)10-20(24)23-22-12-15-4-6-17(27-3)7-5-15/h4-9,11-12H,10H2,1-3H3,(H,23,24)/b22-12+. The molecule has 0 aliphatic heterocycles. The average molecular weight is 380 g/mol. The van der Waals surface area contributed by atoms with Gasteiger partial charge in [-0.3, -0.25) is 4.79 Å². The Bertz CT molecular complexity index is 1070. The summed E-state index contributed by atoms with van der Waals surface area (Å²) in [6.45, 7) is 3.94. The van der Waals surface area contributed by atoms with Gasteiger partial charge in [-0.15, -0.1) is 11.8 Å². The van der Waals surface area contributed by atoms with Crippen LogP contribution in [0, 0.1) is 13.8 Å². The fraction of sp³-hybridized carbons (Fsp3) is 0.190. The Morgan fingerprint density at radius 2 is 1.85 bits per heavy atom. The van der Waals surface area contributed by atoms with E-state index < -0.39 is 5.63 Å². The minimum absolute atomic E-state index is 0.0490. The van der Waals surface area contributed by atoms with Gasteiger partial charge in [0.05, 0.1) is 12.6 Å². The molecule has 0 atom stereocenters. The monoisotopic (exact) mass is 380 g/mol. The van der Waals surface area contributed by atoms with Crippen LogP contribution in [0.1, 0.15) is 22.3 Å². The Kier molecular flexibility index (Phi) is 5.76. The van der Waals surface area contributed by atoms with Crippen molar-refractivity contribution in [2.75, 3.05) is 6.26 Å². The lowest BCUT2D eigenvalue weighted by Gasteiger charge is -2.07. The maximum absolute atomic E-state index is 12.2. The second-order valence-corrected chi connectivity index (χ2v) is 7.15. The molecular formula is C21H20N2O3S. The third-order valence-corrected chi connectivity index (χ3v) is 5.06. The van der Waals surface area contributed by atoms with Crippen LogP contribution in [0.2, 0.25) is 0 Å². The quantitative estimate of drug-likeness (QED) is 0.316. The average Bonchev–Trinajstić information content (AvgIpc) is 2.64. The van der Waals surface area contributed by atoms with E-state index in [0.29, 0.717) is 11.1 Å². The molecule has 0 unspecified atom stereocenters. The molecule has 2 aromatic carbocycles. The predicted octanol–water partition coefficient (Wildman–Crippen LogP) is 3.82. The Hall–Kier alpha value is -2.86. The van der Waals surface area contributed by atoms with Gasteiger partial charge in [0.2, 0.25) is 5.91 Å². The topological polar surface area (TPSA) is 71.7 Å². The molecule has 5 nitrogen and oxygen atoms in total. The summed E-state index contributed by atoms with van der Waals surface area (Å²) < 4.78 is 5.26. The fourth-order valence-electron chi connectivity index (χ4n) is 2.71. The van der Waals surface area contributed by atoms with Gasteiger partial charge >= 0.3 is 5.63 Å². The number of carbonyl (C=O) groups excluding carboxylic acids is 1. The summed E-state index contributed by atoms with van der Waals surface area (Å²) in [5, 5.41) is 4.76. The zero-order valence-electron chi connectivity index (χ0n) is 15.4. The third-order valence-electron chi connectivity index (χ3n) is 4.31. The van der Waals surface area contributed by atoms with Gasteiger partial charge in [0, 0.05) is 16.3 Å². The first-order chi connectivity index (χ1) is 13.0. The molecule has 0 bridgehead atoms. The number of nitrogens with one attached hydrogen (secondary N) is 1. The molecule has 3 rings (SSSR count). The van der Waals surface area contributed by atoms with Crippen LogP contribution in [-0.2, 0) is 11.2 Å². The van der Waals surface area contributed by atoms with Crippen molar-refractivity contribution in [2.45, 2.75) is 25.2 Å². The lowest BCUT2D eigenvalue weighted by molar-refractivity contribution is -0.120. The first-order valence-corrected chi connectivity index (χ1v) is 9.68. The zero-order valence-corrected chi connectivity index (χ0v) is 16.2. The van der Waals surface area contributed by atoms with Crippen molar-refractivity contribution in [3.8, 4) is 0 Å². The van der Waals surface area contributed by atoms with Crippen molar-refractivity contribution in [1.29, 1.82) is 0 Å². The number of hydrogen-bond acceptors (Lipinski definition) is 5. The van der Waals surface area contributed by atoms with Crippen LogP contribution in [0.5, 0.6) is 0 Å². The number of aryl methyl sites for hydroxylation is 2. The van der Waals surface area contributed by atoms with E-state index in [0.717, 1.165) is 27.0 Å². The number of thioether (sulfide) groups is 1. The summed E-state index contributed by atoms with van der Waals surface area (Å²) in [6, 6.07) is 13.0. The zero-order chi connectivity index (χ0) is 19.4. The molecule has 1 aromatic heterocycles. The van der Waals surface area contributed by atoms with Crippen LogP contribution >= 0.6 is 11.8 Å². The summed E-state index contributed by atoms with van der Waals surface area (Å²) in [4.78, 5) is 25.2. The van der Waals surface area contributed by atoms with E-state index in [9.17, 15) is 9.59 Å². The van der Waals surface area contributed by atoms with Crippen LogP contribution < -0.4 is 11.1 Å². The largest absolute Gasteiger partial charge is 0.423 e. The van der Waals surface area contributed by atoms with E-state index in [1.54, 1.807) is 18.0 Å². The Morgan fingerprint density at radius 1 is 1.15 bits per heavy atom. The Labute approximate surface area is 161 Å². The van der Waals surface area contributed by atoms with Crippen molar-refractivity contribution >= 4 is 34.9 Å². The summed E-state index contributed by atoms with van der Waals surface area (Å²) >= 11 is 1.66. The van der Waals surface area contributed by atoms with Gasteiger partial charge in [-0.25, -0.2) is 10.2 Å². The number of rotatable bonds is 5. The molecule has 6 heteroatoms. The van der Waals surface area contributed by atoms with Crippen molar-refractivity contribution in [2.24, 2.45) is 5.10 Å². The highest BCUT2D eigenvalue weighted by Gasteiger charge is 2.11. The lowest BCUT2D eigenvalue weighted by atomic mass is 10.0. The van der Waals surface area contributed by atoms with E-state index in [4.69, 9.17) is 4.42 Å². The van der Waals surface area contributed by atoms with Crippen LogP contribution in [-0.4, -0.2) is 18.4 Å². The number of hydrogen-bond donors (Lipinski definition) is 1. The van der Waals surface area contributed by atoms with Gasteiger partial charge in [-0.05, 0) is 66.6 Å². The van der Waals surface area contributed by atoms with E-state index in [1.807, 2.05) is 56.5 Å². The molecule has 0 saturated heterocycles. The first kappa shape index (κ1) is 18.9. The number of nitrogens with zero attached hydrogens (tertiary/aromatic N) is 1. The van der Waals surface area contributed by atoms with E-state index in [-0.39, 0.29) is 12.3 Å². The fourth-order valence-corrected chi connectivity index (χ4v) is 3.12. The van der Waals surface area contributed by atoms with E-state index in [1.165, 1.54) is 6.07 Å². The van der Waals surface area contributed by atoms with Crippen molar-refractivity contribution in [1.82, 2.24) is 5.43 Å². The summed E-state index contributed by atoms with van der Waals surface area (Å²) in [5.74, 6) is -0.294. The maximum Gasteiger partial charge on any atom is 0.336 e. The Morgan fingerprint density at radius 3 is 2.56 bits per heavy atom. The number of amides is 1. The van der Waals surface area contributed by atoms with Gasteiger partial charge in [0.1, 0.15) is 5.58 Å². The number of carbonyl (C=O) groups is 1. The molecule has 0 spiro atoms. The highest BCUT2D eigenvalue weighted by Crippen LogP contribution is 2.22. The highest BCUT2D eigenvalue weighted by atomic mass is 32.2. The summed E-state index contributed by atoms with van der Waals surface area (Å²) in [5.41, 5.74) is 6.16. The second-order valence-electron chi connectivity index (χ2n) is 6.27. The van der Waals surface area contributed by atoms with Gasteiger partial charge < -0.3 is 4.42 Å². The van der Waals surface area contributed by atoms with Crippen LogP contribution in [0.25, 0.3) is 11.0 Å². The third kappa shape index (κ3) is 4.65. The summed E-state index contributed by atoms with van der Waals surface area (Å²) in [6.07, 6.45) is 3.65. The van der Waals surface area contributed by atoms with Gasteiger partial charge in [-0.1, -0.05) is 12.1 Å². The maximum atomic E-state index is 12.2. The Balaban J connectivity index is 1.74. The van der Waals surface area contributed by atoms with Gasteiger partial charge in [0.25, 0.3) is 0 Å². The SMILES string of the molecule is CSc1ccc(/C=N/NC(=O)Cc2cc(=O)oc3cc(C)c(C)cc23)cc1. The smallest absolute Gasteiger partial charge is 0.336 e. The molecule has 0 saturated carbocycles. The van der Waals surface area contributed by atoms with E-state index in [2.05, 4.69) is 10.5 Å². The first-order valence-electron chi connectivity index (χ1n) is 8.46. The molecule has 0 radical (unpaired) electrons. The van der Waals surface area contributed by atoms with Crippen molar-refractivity contribution in [3.05, 3.63) is 75.1 Å². The molecule has 3 aromatic rings. The van der Waals surface area contributed by atoms with Crippen molar-refractivity contribution in [3.63, 3.8) is 0 Å². The molecule has 0 fully saturated rings. The minimum atomic E-state index is -0.467. The predicted molar refractivity (Wildman–Crippen MR) is 110 cm³/mol. The number of fused-ring (bicyclic) bond motifs is 1. The highest BCUT2D eigenvalue weighted by molar-refractivity contribution is 7.98. The van der Waals surface area contributed by atoms with Crippen molar-refractivity contribution < 1.29 is 9.21 Å². The second kappa shape index (κ2) is 8.22. The number of benzene rings is 2. The molecule has 1 heterocycles.